The average molecular weight is 808 g/mol. The van der Waals surface area contributed by atoms with Crippen LogP contribution in [0.3, 0.4) is 0 Å². The van der Waals surface area contributed by atoms with E-state index >= 15 is 0 Å². The fourth-order valence-corrected chi connectivity index (χ4v) is 9.70. The van der Waals surface area contributed by atoms with E-state index in [2.05, 4.69) is 5.32 Å². The molecule has 0 aliphatic carbocycles. The van der Waals surface area contributed by atoms with Crippen molar-refractivity contribution in [1.29, 1.82) is 0 Å². The molecule has 294 valence electrons. The highest BCUT2D eigenvalue weighted by Gasteiger charge is 2.31. The number of nitrogens with one attached hydrogen (secondary N) is 1. The summed E-state index contributed by atoms with van der Waals surface area (Å²) in [5, 5.41) is 3.16. The quantitative estimate of drug-likeness (QED) is 0.189. The van der Waals surface area contributed by atoms with Crippen LogP contribution in [0.5, 0.6) is 0 Å². The molecule has 5 aromatic rings. The van der Waals surface area contributed by atoms with Crippen LogP contribution in [0.2, 0.25) is 0 Å². The summed E-state index contributed by atoms with van der Waals surface area (Å²) in [6.45, 7) is 1.48. The number of nitrogen functional groups attached to an aromatic ring is 1. The van der Waals surface area contributed by atoms with Gasteiger partial charge in [0, 0.05) is 57.4 Å². The first-order valence-electron chi connectivity index (χ1n) is 17.8. The lowest BCUT2D eigenvalue weighted by Crippen LogP contribution is -2.51. The van der Waals surface area contributed by atoms with Crippen molar-refractivity contribution in [3.63, 3.8) is 0 Å². The Morgan fingerprint density at radius 3 is 1.98 bits per heavy atom. The molecule has 0 unspecified atom stereocenters. The number of morpholine rings is 1. The minimum atomic E-state index is -3.86. The Bertz CT molecular complexity index is 2500. The second-order valence-corrected chi connectivity index (χ2v) is 17.4. The number of nitrogens with zero attached hydrogens (tertiary/aromatic N) is 5. The SMILES string of the molecule is Nc1ccc(S(=O)(=O)N2CCN(CC(=O)N[C@@H](Cc3cc(F)cc(F)c3)c3nc4ccccc4c(=O)n3-c3ccc(S(=O)(=O)N4CCOCC4)cc3)CC2)cc1. The minimum Gasteiger partial charge on any atom is -0.399 e. The number of hydrogen-bond acceptors (Lipinski definition) is 10. The molecule has 1 aromatic heterocycles. The molecular formula is C38H39F2N7O7S2. The molecule has 0 saturated carbocycles. The average Bonchev–Trinajstić information content (AvgIpc) is 3.18. The van der Waals surface area contributed by atoms with Crippen LogP contribution in [0.25, 0.3) is 16.6 Å². The molecule has 2 aliphatic heterocycles. The largest absolute Gasteiger partial charge is 0.399 e. The van der Waals surface area contributed by atoms with Gasteiger partial charge in [-0.05, 0) is 78.4 Å². The Morgan fingerprint density at radius 2 is 1.36 bits per heavy atom. The summed E-state index contributed by atoms with van der Waals surface area (Å²) in [7, 11) is -7.65. The van der Waals surface area contributed by atoms with Gasteiger partial charge in [-0.15, -0.1) is 0 Å². The van der Waals surface area contributed by atoms with E-state index in [0.717, 1.165) is 18.2 Å². The zero-order valence-corrected chi connectivity index (χ0v) is 31.7. The van der Waals surface area contributed by atoms with Crippen LogP contribution in [0.4, 0.5) is 14.5 Å². The lowest BCUT2D eigenvalue weighted by atomic mass is 10.0. The molecular weight excluding hydrogens is 769 g/mol. The van der Waals surface area contributed by atoms with Crippen molar-refractivity contribution in [1.82, 2.24) is 28.4 Å². The minimum absolute atomic E-state index is 0.00736. The van der Waals surface area contributed by atoms with Crippen molar-refractivity contribution >= 4 is 42.5 Å². The predicted molar refractivity (Wildman–Crippen MR) is 204 cm³/mol. The summed E-state index contributed by atoms with van der Waals surface area (Å²) in [5.74, 6) is -2.15. The standard InChI is InChI=1S/C38H39F2N7O7S2/c39-27-21-26(22-28(40)24-27)23-35(42-36(48)25-44-13-15-45(16-14-44)55(50,51)31-9-5-29(41)6-10-31)37-43-34-4-2-1-3-33(34)38(49)47(37)30-7-11-32(12-8-30)56(52,53)46-17-19-54-20-18-46/h1-12,21-22,24,35H,13-20,23,25,41H2,(H,42,48)/t35-/m0/s1. The number of carbonyl (C=O) groups is 1. The Labute approximate surface area is 322 Å². The predicted octanol–water partition coefficient (Wildman–Crippen LogP) is 2.67. The molecule has 3 heterocycles. The number of amides is 1. The maximum absolute atomic E-state index is 14.5. The molecule has 1 amide bonds. The number of halogens is 2. The number of benzene rings is 4. The second-order valence-electron chi connectivity index (χ2n) is 13.5. The van der Waals surface area contributed by atoms with Crippen LogP contribution >= 0.6 is 0 Å². The number of ether oxygens (including phenoxy) is 1. The number of piperazine rings is 1. The number of hydrogen-bond donors (Lipinski definition) is 2. The van der Waals surface area contributed by atoms with Gasteiger partial charge in [-0.3, -0.25) is 19.1 Å². The van der Waals surface area contributed by atoms with Gasteiger partial charge in [0.05, 0.1) is 52.2 Å². The molecule has 14 nitrogen and oxygen atoms in total. The maximum Gasteiger partial charge on any atom is 0.266 e. The molecule has 18 heteroatoms. The van der Waals surface area contributed by atoms with E-state index < -0.39 is 49.2 Å². The van der Waals surface area contributed by atoms with E-state index in [1.165, 1.54) is 61.7 Å². The van der Waals surface area contributed by atoms with E-state index in [1.54, 1.807) is 29.2 Å². The van der Waals surface area contributed by atoms with Crippen LogP contribution in [-0.2, 0) is 36.0 Å². The Hall–Kier alpha value is -5.11. The number of sulfonamides is 2. The topological polar surface area (TPSA) is 177 Å². The second kappa shape index (κ2) is 16.2. The Balaban J connectivity index is 1.19. The third kappa shape index (κ3) is 8.35. The normalized spacial score (nSPS) is 16.8. The van der Waals surface area contributed by atoms with Crippen LogP contribution in [-0.4, -0.2) is 105 Å². The van der Waals surface area contributed by atoms with Gasteiger partial charge in [0.15, 0.2) is 0 Å². The van der Waals surface area contributed by atoms with Gasteiger partial charge in [-0.1, -0.05) is 12.1 Å². The number of anilines is 1. The molecule has 2 saturated heterocycles. The molecule has 56 heavy (non-hydrogen) atoms. The third-order valence-electron chi connectivity index (χ3n) is 9.73. The van der Waals surface area contributed by atoms with E-state index in [0.29, 0.717) is 11.2 Å². The van der Waals surface area contributed by atoms with Gasteiger partial charge >= 0.3 is 0 Å². The first kappa shape index (κ1) is 39.1. The monoisotopic (exact) mass is 807 g/mol. The molecule has 2 aliphatic rings. The lowest BCUT2D eigenvalue weighted by molar-refractivity contribution is -0.123. The van der Waals surface area contributed by atoms with E-state index in [1.807, 2.05) is 0 Å². The highest BCUT2D eigenvalue weighted by molar-refractivity contribution is 7.89. The van der Waals surface area contributed by atoms with Crippen molar-refractivity contribution in [2.75, 3.05) is 64.8 Å². The number of aromatic nitrogens is 2. The molecule has 7 rings (SSSR count). The van der Waals surface area contributed by atoms with E-state index in [-0.39, 0.29) is 97.7 Å². The van der Waals surface area contributed by atoms with Gasteiger partial charge in [0.25, 0.3) is 5.56 Å². The van der Waals surface area contributed by atoms with Crippen molar-refractivity contribution in [2.24, 2.45) is 0 Å². The first-order chi connectivity index (χ1) is 26.8. The summed E-state index contributed by atoms with van der Waals surface area (Å²) in [5.41, 5.74) is 6.36. The Morgan fingerprint density at radius 1 is 0.786 bits per heavy atom. The fraction of sp³-hybridized carbons (Fsp3) is 0.289. The number of fused-ring (bicyclic) bond motifs is 1. The molecule has 0 bridgehead atoms. The van der Waals surface area contributed by atoms with E-state index in [9.17, 15) is 35.2 Å². The summed E-state index contributed by atoms with van der Waals surface area (Å²) in [4.78, 5) is 34.8. The van der Waals surface area contributed by atoms with Crippen molar-refractivity contribution in [3.05, 3.63) is 124 Å². The van der Waals surface area contributed by atoms with Gasteiger partial charge in [-0.2, -0.15) is 8.61 Å². The van der Waals surface area contributed by atoms with Crippen LogP contribution in [0, 0.1) is 11.6 Å². The van der Waals surface area contributed by atoms with Crippen LogP contribution in [0.1, 0.15) is 17.4 Å². The van der Waals surface area contributed by atoms with E-state index in [4.69, 9.17) is 15.5 Å². The molecule has 3 N–H and O–H groups in total. The van der Waals surface area contributed by atoms with Gasteiger partial charge in [0.2, 0.25) is 26.0 Å². The number of nitrogens with two attached hydrogens (primary N) is 1. The molecule has 4 aromatic carbocycles. The van der Waals surface area contributed by atoms with Crippen LogP contribution in [0.15, 0.2) is 106 Å². The zero-order valence-electron chi connectivity index (χ0n) is 30.1. The first-order valence-corrected chi connectivity index (χ1v) is 20.7. The zero-order chi connectivity index (χ0) is 39.6. The molecule has 2 fully saturated rings. The molecule has 0 spiro atoms. The highest BCUT2D eigenvalue weighted by atomic mass is 32.2. The Kier molecular flexibility index (Phi) is 11.3. The third-order valence-corrected chi connectivity index (χ3v) is 13.6. The van der Waals surface area contributed by atoms with Crippen molar-refractivity contribution < 1.29 is 35.1 Å². The number of carbonyl (C=O) groups excluding carboxylic acids is 1. The molecule has 1 atom stereocenters. The van der Waals surface area contributed by atoms with Crippen LogP contribution < -0.4 is 16.6 Å². The summed E-state index contributed by atoms with van der Waals surface area (Å²) >= 11 is 0. The van der Waals surface area contributed by atoms with Crippen molar-refractivity contribution in [2.45, 2.75) is 22.3 Å². The van der Waals surface area contributed by atoms with Gasteiger partial charge < -0.3 is 15.8 Å². The summed E-state index contributed by atoms with van der Waals surface area (Å²) in [6, 6.07) is 20.0. The summed E-state index contributed by atoms with van der Waals surface area (Å²) < 4.78 is 91.3. The highest BCUT2D eigenvalue weighted by Crippen LogP contribution is 2.25. The summed E-state index contributed by atoms with van der Waals surface area (Å²) in [6.07, 6.45) is -0.178. The lowest BCUT2D eigenvalue weighted by Gasteiger charge is -2.34. The smallest absolute Gasteiger partial charge is 0.266 e. The molecule has 0 radical (unpaired) electrons. The van der Waals surface area contributed by atoms with Gasteiger partial charge in [-0.25, -0.2) is 30.6 Å². The number of rotatable bonds is 11. The van der Waals surface area contributed by atoms with Crippen molar-refractivity contribution in [3.8, 4) is 5.69 Å². The fourth-order valence-electron chi connectivity index (χ4n) is 6.87. The van der Waals surface area contributed by atoms with Gasteiger partial charge in [0.1, 0.15) is 17.5 Å². The maximum atomic E-state index is 14.5. The number of para-hydroxylation sites is 1.